The van der Waals surface area contributed by atoms with Crippen molar-refractivity contribution in [2.45, 2.75) is 37.2 Å². The lowest BCUT2D eigenvalue weighted by atomic mass is 10.2. The van der Waals surface area contributed by atoms with Gasteiger partial charge in [0.2, 0.25) is 0 Å². The van der Waals surface area contributed by atoms with Crippen molar-refractivity contribution >= 4 is 31.6 Å². The number of rotatable bonds is 12. The maximum atomic E-state index is 12.1. The van der Waals surface area contributed by atoms with Gasteiger partial charge in [0.15, 0.2) is 19.7 Å². The first kappa shape index (κ1) is 24.1. The lowest BCUT2D eigenvalue weighted by molar-refractivity contribution is -0.141. The highest BCUT2D eigenvalue weighted by Gasteiger charge is 2.15. The van der Waals surface area contributed by atoms with Crippen LogP contribution in [0.4, 0.5) is 0 Å². The maximum absolute atomic E-state index is 12.1. The molecule has 28 heavy (non-hydrogen) atoms. The molecule has 8 nitrogen and oxygen atoms in total. The molecule has 0 aromatic heterocycles. The zero-order valence-corrected chi connectivity index (χ0v) is 17.7. The molecule has 0 radical (unpaired) electrons. The molecule has 0 saturated carbocycles. The van der Waals surface area contributed by atoms with Gasteiger partial charge in [-0.1, -0.05) is 24.3 Å². The molecule has 0 fully saturated rings. The zero-order chi connectivity index (χ0) is 21.2. The van der Waals surface area contributed by atoms with Crippen molar-refractivity contribution < 1.29 is 35.9 Å². The second-order valence-corrected chi connectivity index (χ2v) is 10.7. The van der Waals surface area contributed by atoms with Gasteiger partial charge in [-0.3, -0.25) is 9.59 Å². The predicted molar refractivity (Wildman–Crippen MR) is 104 cm³/mol. The van der Waals surface area contributed by atoms with E-state index in [2.05, 4.69) is 9.47 Å². The number of hydrogen-bond donors (Lipinski definition) is 0. The molecule has 1 aromatic rings. The number of methoxy groups -OCH3 is 2. The Labute approximate surface area is 166 Å². The van der Waals surface area contributed by atoms with Crippen LogP contribution in [0.15, 0.2) is 24.3 Å². The molecule has 1 rings (SSSR count). The average Bonchev–Trinajstić information content (AvgIpc) is 2.62. The predicted octanol–water partition coefficient (Wildman–Crippen LogP) is 1.42. The Morgan fingerprint density at radius 3 is 1.32 bits per heavy atom. The minimum Gasteiger partial charge on any atom is -0.469 e. The highest BCUT2D eigenvalue weighted by Crippen LogP contribution is 2.14. The van der Waals surface area contributed by atoms with Gasteiger partial charge in [0.25, 0.3) is 0 Å². The van der Waals surface area contributed by atoms with Crippen molar-refractivity contribution in [3.05, 3.63) is 35.4 Å². The van der Waals surface area contributed by atoms with E-state index in [0.717, 1.165) is 0 Å². The quantitative estimate of drug-likeness (QED) is 0.453. The van der Waals surface area contributed by atoms with Gasteiger partial charge in [-0.15, -0.1) is 0 Å². The Morgan fingerprint density at radius 2 is 1.04 bits per heavy atom. The van der Waals surface area contributed by atoms with Gasteiger partial charge in [0.1, 0.15) is 0 Å². The minimum absolute atomic E-state index is 0.0442. The molecule has 0 aliphatic rings. The van der Waals surface area contributed by atoms with Crippen molar-refractivity contribution in [3.8, 4) is 0 Å². The first-order chi connectivity index (χ1) is 13.1. The first-order valence-electron chi connectivity index (χ1n) is 8.69. The van der Waals surface area contributed by atoms with E-state index in [9.17, 15) is 26.4 Å². The topological polar surface area (TPSA) is 121 Å². The number of ether oxygens (including phenoxy) is 2. The third kappa shape index (κ3) is 9.84. The van der Waals surface area contributed by atoms with Crippen molar-refractivity contribution in [2.75, 3.05) is 25.7 Å². The Kier molecular flexibility index (Phi) is 9.60. The van der Waals surface area contributed by atoms with Crippen LogP contribution in [0.2, 0.25) is 0 Å². The van der Waals surface area contributed by atoms with Crippen LogP contribution in [-0.2, 0) is 50.2 Å². The number of carbonyl (C=O) groups excluding carboxylic acids is 2. The fourth-order valence-corrected chi connectivity index (χ4v) is 5.32. The van der Waals surface area contributed by atoms with E-state index in [1.54, 1.807) is 24.3 Å². The lowest BCUT2D eigenvalue weighted by Gasteiger charge is -2.07. The highest BCUT2D eigenvalue weighted by molar-refractivity contribution is 7.90. The summed E-state index contributed by atoms with van der Waals surface area (Å²) in [6, 6.07) is 6.32. The van der Waals surface area contributed by atoms with Crippen LogP contribution in [0.1, 0.15) is 36.8 Å². The summed E-state index contributed by atoms with van der Waals surface area (Å²) in [5, 5.41) is 0. The van der Waals surface area contributed by atoms with E-state index in [1.165, 1.54) is 14.2 Å². The Hall–Kier alpha value is -1.94. The molecule has 158 valence electrons. The van der Waals surface area contributed by atoms with Gasteiger partial charge >= 0.3 is 11.9 Å². The van der Waals surface area contributed by atoms with Gasteiger partial charge in [-0.05, 0) is 24.0 Å². The zero-order valence-electron chi connectivity index (χ0n) is 16.0. The van der Waals surface area contributed by atoms with E-state index >= 15 is 0 Å². The normalized spacial score (nSPS) is 11.8. The molecule has 10 heteroatoms. The molecule has 0 aliphatic heterocycles. The summed E-state index contributed by atoms with van der Waals surface area (Å²) in [7, 11) is -4.26. The molecule has 0 N–H and O–H groups in total. The van der Waals surface area contributed by atoms with Crippen molar-refractivity contribution in [1.82, 2.24) is 0 Å². The van der Waals surface area contributed by atoms with Crippen LogP contribution >= 0.6 is 0 Å². The summed E-state index contributed by atoms with van der Waals surface area (Å²) in [6.45, 7) is 0. The lowest BCUT2D eigenvalue weighted by Crippen LogP contribution is -2.12. The standard InChI is InChI=1S/C18H26O8S2/c1-25-17(19)5-3-11-27(21,22)13-15-7-9-16(10-8-15)14-28(23,24)12-4-6-18(20)26-2/h7-10H,3-6,11-14H2,1-2H3. The van der Waals surface area contributed by atoms with Crippen LogP contribution in [0.3, 0.4) is 0 Å². The summed E-state index contributed by atoms with van der Waals surface area (Å²) < 4.78 is 57.3. The summed E-state index contributed by atoms with van der Waals surface area (Å²) >= 11 is 0. The Bertz CT molecular complexity index is 782. The van der Waals surface area contributed by atoms with Crippen LogP contribution in [0.5, 0.6) is 0 Å². The minimum atomic E-state index is -3.38. The summed E-state index contributed by atoms with van der Waals surface area (Å²) in [6.07, 6.45) is 0.471. The molecule has 0 spiro atoms. The van der Waals surface area contributed by atoms with Gasteiger partial charge < -0.3 is 9.47 Å². The highest BCUT2D eigenvalue weighted by atomic mass is 32.2. The third-order valence-corrected chi connectivity index (χ3v) is 7.29. The number of benzene rings is 1. The summed E-state index contributed by atoms with van der Waals surface area (Å²) in [5.41, 5.74) is 1.09. The summed E-state index contributed by atoms with van der Waals surface area (Å²) in [4.78, 5) is 22.1. The number of sulfone groups is 2. The van der Waals surface area contributed by atoms with E-state index < -0.39 is 31.6 Å². The fourth-order valence-electron chi connectivity index (χ4n) is 2.46. The number of hydrogen-bond acceptors (Lipinski definition) is 8. The van der Waals surface area contributed by atoms with Gasteiger partial charge in [-0.2, -0.15) is 0 Å². The van der Waals surface area contributed by atoms with Crippen LogP contribution in [0, 0.1) is 0 Å². The maximum Gasteiger partial charge on any atom is 0.305 e. The number of carbonyl (C=O) groups is 2. The van der Waals surface area contributed by atoms with Gasteiger partial charge in [0, 0.05) is 12.8 Å². The molecular weight excluding hydrogens is 408 g/mol. The molecule has 0 saturated heterocycles. The van der Waals surface area contributed by atoms with Crippen molar-refractivity contribution in [1.29, 1.82) is 0 Å². The average molecular weight is 435 g/mol. The SMILES string of the molecule is COC(=O)CCCS(=O)(=O)Cc1ccc(CS(=O)(=O)CCCC(=O)OC)cc1. The molecule has 0 bridgehead atoms. The Balaban J connectivity index is 2.56. The monoisotopic (exact) mass is 434 g/mol. The van der Waals surface area contributed by atoms with Gasteiger partial charge in [-0.25, -0.2) is 16.8 Å². The third-order valence-electron chi connectivity index (χ3n) is 3.92. The second kappa shape index (κ2) is 11.2. The summed E-state index contributed by atoms with van der Waals surface area (Å²) in [5.74, 6) is -1.52. The molecule has 0 aliphatic carbocycles. The smallest absolute Gasteiger partial charge is 0.305 e. The fraction of sp³-hybridized carbons (Fsp3) is 0.556. The van der Waals surface area contributed by atoms with Crippen LogP contribution in [-0.4, -0.2) is 54.5 Å². The van der Waals surface area contributed by atoms with Crippen LogP contribution < -0.4 is 0 Å². The Morgan fingerprint density at radius 1 is 0.714 bits per heavy atom. The van der Waals surface area contributed by atoms with E-state index in [0.29, 0.717) is 11.1 Å². The van der Waals surface area contributed by atoms with E-state index in [4.69, 9.17) is 0 Å². The second-order valence-electron chi connectivity index (χ2n) is 6.36. The molecule has 0 amide bonds. The molecule has 1 aromatic carbocycles. The number of esters is 2. The van der Waals surface area contributed by atoms with E-state index in [1.807, 2.05) is 0 Å². The molecule has 0 heterocycles. The van der Waals surface area contributed by atoms with Crippen molar-refractivity contribution in [3.63, 3.8) is 0 Å². The molecule has 0 atom stereocenters. The largest absolute Gasteiger partial charge is 0.469 e. The van der Waals surface area contributed by atoms with Crippen molar-refractivity contribution in [2.24, 2.45) is 0 Å². The van der Waals surface area contributed by atoms with E-state index in [-0.39, 0.29) is 48.7 Å². The van der Waals surface area contributed by atoms with Crippen LogP contribution in [0.25, 0.3) is 0 Å². The molecular formula is C18H26O8S2. The van der Waals surface area contributed by atoms with Gasteiger partial charge in [0.05, 0.1) is 37.2 Å². The first-order valence-corrected chi connectivity index (χ1v) is 12.3. The molecule has 0 unspecified atom stereocenters.